The highest BCUT2D eigenvalue weighted by Crippen LogP contribution is 2.47. The summed E-state index contributed by atoms with van der Waals surface area (Å²) in [6, 6.07) is 12.5. The number of benzene rings is 2. The van der Waals surface area contributed by atoms with Gasteiger partial charge < -0.3 is 19.7 Å². The van der Waals surface area contributed by atoms with Crippen LogP contribution in [0.2, 0.25) is 5.02 Å². The van der Waals surface area contributed by atoms with Crippen molar-refractivity contribution in [3.8, 4) is 0 Å². The monoisotopic (exact) mass is 388 g/mol. The van der Waals surface area contributed by atoms with Crippen LogP contribution in [-0.2, 0) is 34.7 Å². The van der Waals surface area contributed by atoms with Crippen molar-refractivity contribution in [2.45, 2.75) is 57.2 Å². The third-order valence-electron chi connectivity index (χ3n) is 5.77. The van der Waals surface area contributed by atoms with Gasteiger partial charge in [-0.25, -0.2) is 0 Å². The van der Waals surface area contributed by atoms with E-state index < -0.39 is 18.0 Å². The molecule has 0 aromatic heterocycles. The zero-order valence-corrected chi connectivity index (χ0v) is 16.2. The second-order valence-electron chi connectivity index (χ2n) is 7.39. The molecule has 144 valence electrons. The zero-order valence-electron chi connectivity index (χ0n) is 15.5. The summed E-state index contributed by atoms with van der Waals surface area (Å²) >= 11 is 6.55. The van der Waals surface area contributed by atoms with Crippen LogP contribution in [0.5, 0.6) is 0 Å². The summed E-state index contributed by atoms with van der Waals surface area (Å²) in [5, 5.41) is 20.3. The highest BCUT2D eigenvalue weighted by atomic mass is 35.5. The predicted octanol–water partition coefficient (Wildman–Crippen LogP) is 3.71. The summed E-state index contributed by atoms with van der Waals surface area (Å²) in [6.45, 7) is 2.34. The highest BCUT2D eigenvalue weighted by molar-refractivity contribution is 6.31. The van der Waals surface area contributed by atoms with Crippen LogP contribution in [0.1, 0.15) is 47.6 Å². The van der Waals surface area contributed by atoms with Gasteiger partial charge in [-0.3, -0.25) is 0 Å². The van der Waals surface area contributed by atoms with Crippen LogP contribution >= 0.6 is 11.6 Å². The normalized spacial score (nSPS) is 27.1. The Morgan fingerprint density at radius 2 is 1.89 bits per heavy atom. The van der Waals surface area contributed by atoms with E-state index in [-0.39, 0.29) is 6.61 Å². The first-order chi connectivity index (χ1) is 13.1. The van der Waals surface area contributed by atoms with Gasteiger partial charge in [0.1, 0.15) is 6.10 Å². The number of hydrogen-bond acceptors (Lipinski definition) is 4. The number of rotatable bonds is 4. The first-order valence-corrected chi connectivity index (χ1v) is 9.93. The van der Waals surface area contributed by atoms with Gasteiger partial charge in [-0.15, -0.1) is 0 Å². The first kappa shape index (κ1) is 18.9. The molecule has 5 heteroatoms. The van der Waals surface area contributed by atoms with E-state index in [1.54, 1.807) is 0 Å². The van der Waals surface area contributed by atoms with Crippen molar-refractivity contribution in [2.24, 2.45) is 0 Å². The molecule has 1 saturated heterocycles. The molecule has 0 saturated carbocycles. The van der Waals surface area contributed by atoms with Gasteiger partial charge in [-0.05, 0) is 47.6 Å². The standard InChI is InChI=1S/C22H25ClO4/c1-2-14-3-5-15(6-4-14)11-16-17-13-26-22(18(17)7-8-19(16)23)10-9-20(25)21(12-24)27-22/h3-8,20-21,24-25H,2,9-13H2,1H3/t20-,21?,22?/m1/s1. The van der Waals surface area contributed by atoms with E-state index in [1.165, 1.54) is 11.1 Å². The molecule has 2 aliphatic heterocycles. The molecule has 0 bridgehead atoms. The molecule has 2 aromatic carbocycles. The summed E-state index contributed by atoms with van der Waals surface area (Å²) in [5.41, 5.74) is 5.62. The maximum atomic E-state index is 10.0. The molecule has 1 spiro atoms. The number of halogens is 1. The fourth-order valence-electron chi connectivity index (χ4n) is 4.11. The fraction of sp³-hybridized carbons (Fsp3) is 0.455. The van der Waals surface area contributed by atoms with E-state index in [4.69, 9.17) is 21.1 Å². The minimum absolute atomic E-state index is 0.230. The third kappa shape index (κ3) is 3.41. The Hall–Kier alpha value is -1.43. The topological polar surface area (TPSA) is 58.9 Å². The molecule has 2 heterocycles. The van der Waals surface area contributed by atoms with Crippen LogP contribution < -0.4 is 0 Å². The zero-order chi connectivity index (χ0) is 19.0. The summed E-state index contributed by atoms with van der Waals surface area (Å²) in [6.07, 6.45) is 1.54. The molecule has 3 atom stereocenters. The quantitative estimate of drug-likeness (QED) is 0.838. The number of aliphatic hydroxyl groups excluding tert-OH is 2. The molecule has 27 heavy (non-hydrogen) atoms. The predicted molar refractivity (Wildman–Crippen MR) is 104 cm³/mol. The summed E-state index contributed by atoms with van der Waals surface area (Å²) < 4.78 is 12.1. The highest BCUT2D eigenvalue weighted by Gasteiger charge is 2.48. The Morgan fingerprint density at radius 1 is 1.15 bits per heavy atom. The van der Waals surface area contributed by atoms with Crippen LogP contribution in [0.4, 0.5) is 0 Å². The molecule has 0 radical (unpaired) electrons. The summed E-state index contributed by atoms with van der Waals surface area (Å²) in [7, 11) is 0. The van der Waals surface area contributed by atoms with Crippen molar-refractivity contribution in [1.29, 1.82) is 0 Å². The first-order valence-electron chi connectivity index (χ1n) is 9.55. The lowest BCUT2D eigenvalue weighted by atomic mass is 9.89. The van der Waals surface area contributed by atoms with E-state index in [1.807, 2.05) is 12.1 Å². The van der Waals surface area contributed by atoms with Gasteiger partial charge in [0.2, 0.25) is 0 Å². The van der Waals surface area contributed by atoms with Crippen molar-refractivity contribution >= 4 is 11.6 Å². The van der Waals surface area contributed by atoms with Crippen LogP contribution in [0, 0.1) is 0 Å². The summed E-state index contributed by atoms with van der Waals surface area (Å²) in [5.74, 6) is -0.895. The molecule has 1 fully saturated rings. The summed E-state index contributed by atoms with van der Waals surface area (Å²) in [4.78, 5) is 0. The lowest BCUT2D eigenvalue weighted by Crippen LogP contribution is -2.47. The Balaban J connectivity index is 1.67. The molecular formula is C22H25ClO4. The van der Waals surface area contributed by atoms with E-state index in [0.717, 1.165) is 34.6 Å². The van der Waals surface area contributed by atoms with Gasteiger partial charge in [-0.2, -0.15) is 0 Å². The number of fused-ring (bicyclic) bond motifs is 2. The van der Waals surface area contributed by atoms with Crippen molar-refractivity contribution in [3.63, 3.8) is 0 Å². The molecule has 2 aliphatic rings. The number of ether oxygens (including phenoxy) is 2. The number of hydrogen-bond donors (Lipinski definition) is 2. The second-order valence-corrected chi connectivity index (χ2v) is 7.79. The molecular weight excluding hydrogens is 364 g/mol. The van der Waals surface area contributed by atoms with Gasteiger partial charge >= 0.3 is 0 Å². The van der Waals surface area contributed by atoms with Gasteiger partial charge in [0.15, 0.2) is 5.79 Å². The minimum Gasteiger partial charge on any atom is -0.394 e. The molecule has 4 rings (SSSR count). The Bertz CT molecular complexity index is 820. The third-order valence-corrected chi connectivity index (χ3v) is 6.12. The average molecular weight is 389 g/mol. The molecule has 0 amide bonds. The van der Waals surface area contributed by atoms with Crippen LogP contribution in [0.3, 0.4) is 0 Å². The van der Waals surface area contributed by atoms with E-state index in [2.05, 4.69) is 31.2 Å². The van der Waals surface area contributed by atoms with E-state index in [0.29, 0.717) is 19.4 Å². The van der Waals surface area contributed by atoms with Crippen LogP contribution in [0.25, 0.3) is 0 Å². The molecule has 4 nitrogen and oxygen atoms in total. The Labute approximate surface area is 164 Å². The van der Waals surface area contributed by atoms with Crippen molar-refractivity contribution in [3.05, 3.63) is 69.2 Å². The molecule has 2 N–H and O–H groups in total. The largest absolute Gasteiger partial charge is 0.394 e. The van der Waals surface area contributed by atoms with Gasteiger partial charge in [0.05, 0.1) is 19.3 Å². The maximum Gasteiger partial charge on any atom is 0.196 e. The fourth-order valence-corrected chi connectivity index (χ4v) is 4.35. The van der Waals surface area contributed by atoms with E-state index >= 15 is 0 Å². The lowest BCUT2D eigenvalue weighted by Gasteiger charge is -2.40. The SMILES string of the molecule is CCc1ccc(Cc2c(Cl)ccc3c2COC32CC[C@@H](O)C(CO)O2)cc1. The van der Waals surface area contributed by atoms with Crippen molar-refractivity contribution < 1.29 is 19.7 Å². The lowest BCUT2D eigenvalue weighted by molar-refractivity contribution is -0.306. The smallest absolute Gasteiger partial charge is 0.196 e. The Morgan fingerprint density at radius 3 is 2.59 bits per heavy atom. The van der Waals surface area contributed by atoms with E-state index in [9.17, 15) is 10.2 Å². The van der Waals surface area contributed by atoms with Gasteiger partial charge in [0, 0.05) is 17.0 Å². The van der Waals surface area contributed by atoms with Gasteiger partial charge in [0.25, 0.3) is 0 Å². The van der Waals surface area contributed by atoms with Crippen molar-refractivity contribution in [2.75, 3.05) is 6.61 Å². The van der Waals surface area contributed by atoms with Crippen LogP contribution in [-0.4, -0.2) is 29.0 Å². The van der Waals surface area contributed by atoms with Crippen LogP contribution in [0.15, 0.2) is 36.4 Å². The maximum absolute atomic E-state index is 10.0. The molecule has 2 unspecified atom stereocenters. The number of aryl methyl sites for hydroxylation is 1. The molecule has 2 aromatic rings. The van der Waals surface area contributed by atoms with Crippen molar-refractivity contribution in [1.82, 2.24) is 0 Å². The Kier molecular flexibility index (Phi) is 5.28. The van der Waals surface area contributed by atoms with Gasteiger partial charge in [-0.1, -0.05) is 48.9 Å². The second kappa shape index (κ2) is 7.53. The average Bonchev–Trinajstić information content (AvgIpc) is 3.05. The number of aliphatic hydroxyl groups is 2. The minimum atomic E-state index is -0.895. The molecule has 0 aliphatic carbocycles.